The molecule has 1 N–H and O–H groups in total. The predicted molar refractivity (Wildman–Crippen MR) is 71.7 cm³/mol. The topological polar surface area (TPSA) is 57.6 Å². The third-order valence-electron chi connectivity index (χ3n) is 4.51. The number of hydrogen-bond donors (Lipinski definition) is 1. The molecule has 0 saturated heterocycles. The quantitative estimate of drug-likeness (QED) is 0.829. The Morgan fingerprint density at radius 1 is 1.11 bits per heavy atom. The van der Waals surface area contributed by atoms with Crippen molar-refractivity contribution in [2.45, 2.75) is 51.0 Å². The molecule has 0 spiro atoms. The van der Waals surface area contributed by atoms with Crippen LogP contribution in [0.15, 0.2) is 0 Å². The Hall–Kier alpha value is -0.130. The fourth-order valence-corrected chi connectivity index (χ4v) is 4.88. The molecule has 0 aromatic carbocycles. The second-order valence-corrected chi connectivity index (χ2v) is 8.09. The number of aliphatic hydroxyl groups is 1. The number of sulfonamides is 1. The molecule has 0 aliphatic heterocycles. The summed E-state index contributed by atoms with van der Waals surface area (Å²) in [4.78, 5) is 0. The van der Waals surface area contributed by atoms with Crippen LogP contribution in [0.5, 0.6) is 0 Å². The molecule has 106 valence electrons. The van der Waals surface area contributed by atoms with E-state index in [-0.39, 0.29) is 12.0 Å². The lowest BCUT2D eigenvalue weighted by molar-refractivity contribution is 0.123. The van der Waals surface area contributed by atoms with Gasteiger partial charge >= 0.3 is 0 Å². The van der Waals surface area contributed by atoms with Crippen LogP contribution in [-0.4, -0.2) is 43.3 Å². The Kier molecular flexibility index (Phi) is 4.67. The average molecular weight is 275 g/mol. The number of rotatable bonds is 5. The first-order chi connectivity index (χ1) is 8.49. The van der Waals surface area contributed by atoms with Crippen LogP contribution in [0.1, 0.15) is 44.9 Å². The maximum absolute atomic E-state index is 12.2. The Morgan fingerprint density at radius 2 is 1.78 bits per heavy atom. The normalized spacial score (nSPS) is 30.4. The van der Waals surface area contributed by atoms with Gasteiger partial charge in [0.25, 0.3) is 0 Å². The van der Waals surface area contributed by atoms with Gasteiger partial charge in [0, 0.05) is 13.6 Å². The van der Waals surface area contributed by atoms with Gasteiger partial charge in [-0.1, -0.05) is 19.3 Å². The van der Waals surface area contributed by atoms with E-state index in [0.717, 1.165) is 32.1 Å². The minimum Gasteiger partial charge on any atom is -0.393 e. The van der Waals surface area contributed by atoms with E-state index in [0.29, 0.717) is 18.2 Å². The van der Waals surface area contributed by atoms with Gasteiger partial charge in [0.05, 0.1) is 11.9 Å². The van der Waals surface area contributed by atoms with Crippen molar-refractivity contribution < 1.29 is 13.5 Å². The largest absolute Gasteiger partial charge is 0.393 e. The molecule has 0 heterocycles. The summed E-state index contributed by atoms with van der Waals surface area (Å²) in [5.41, 5.74) is 0. The van der Waals surface area contributed by atoms with Crippen molar-refractivity contribution in [3.05, 3.63) is 0 Å². The van der Waals surface area contributed by atoms with Crippen LogP contribution >= 0.6 is 0 Å². The highest BCUT2D eigenvalue weighted by Gasteiger charge is 2.31. The van der Waals surface area contributed by atoms with Gasteiger partial charge in [-0.2, -0.15) is 0 Å². The lowest BCUT2D eigenvalue weighted by Crippen LogP contribution is -2.37. The smallest absolute Gasteiger partial charge is 0.214 e. The highest BCUT2D eigenvalue weighted by Crippen LogP contribution is 2.29. The molecule has 2 aliphatic carbocycles. The van der Waals surface area contributed by atoms with Crippen LogP contribution in [-0.2, 0) is 10.0 Å². The van der Waals surface area contributed by atoms with E-state index in [9.17, 15) is 13.5 Å². The van der Waals surface area contributed by atoms with Gasteiger partial charge in [0.15, 0.2) is 0 Å². The summed E-state index contributed by atoms with van der Waals surface area (Å²) >= 11 is 0. The van der Waals surface area contributed by atoms with Gasteiger partial charge < -0.3 is 5.11 Å². The zero-order chi connectivity index (χ0) is 13.2. The lowest BCUT2D eigenvalue weighted by atomic mass is 10.1. The van der Waals surface area contributed by atoms with Crippen molar-refractivity contribution in [2.24, 2.45) is 11.8 Å². The minimum atomic E-state index is -3.13. The summed E-state index contributed by atoms with van der Waals surface area (Å²) in [5, 5.41) is 9.77. The van der Waals surface area contributed by atoms with E-state index in [1.807, 2.05) is 0 Å². The molecule has 0 aromatic rings. The molecule has 0 bridgehead atoms. The minimum absolute atomic E-state index is 0.133. The molecule has 0 aromatic heterocycles. The molecular weight excluding hydrogens is 250 g/mol. The van der Waals surface area contributed by atoms with Gasteiger partial charge in [0.2, 0.25) is 10.0 Å². The van der Waals surface area contributed by atoms with Crippen LogP contribution in [0, 0.1) is 11.8 Å². The van der Waals surface area contributed by atoms with E-state index >= 15 is 0 Å². The Morgan fingerprint density at radius 3 is 2.33 bits per heavy atom. The van der Waals surface area contributed by atoms with Crippen molar-refractivity contribution in [3.63, 3.8) is 0 Å². The Labute approximate surface area is 110 Å². The zero-order valence-corrected chi connectivity index (χ0v) is 12.0. The second-order valence-electron chi connectivity index (χ2n) is 5.97. The summed E-state index contributed by atoms with van der Waals surface area (Å²) in [6, 6.07) is 0. The standard InChI is InChI=1S/C13H25NO3S/c1-14(9-12-7-4-8-13(12)15)18(16,17)10-11-5-2-3-6-11/h11-13,15H,2-10H2,1H3. The van der Waals surface area contributed by atoms with Crippen molar-refractivity contribution in [2.75, 3.05) is 19.3 Å². The molecule has 0 radical (unpaired) electrons. The first-order valence-electron chi connectivity index (χ1n) is 7.11. The fourth-order valence-electron chi connectivity index (χ4n) is 3.28. The van der Waals surface area contributed by atoms with E-state index in [1.165, 1.54) is 17.1 Å². The second kappa shape index (κ2) is 5.88. The fraction of sp³-hybridized carbons (Fsp3) is 1.00. The van der Waals surface area contributed by atoms with E-state index in [1.54, 1.807) is 7.05 Å². The molecule has 2 saturated carbocycles. The predicted octanol–water partition coefficient (Wildman–Crippen LogP) is 1.60. The van der Waals surface area contributed by atoms with Crippen LogP contribution in [0.3, 0.4) is 0 Å². The first kappa shape index (κ1) is 14.3. The van der Waals surface area contributed by atoms with Crippen molar-refractivity contribution in [1.29, 1.82) is 0 Å². The first-order valence-corrected chi connectivity index (χ1v) is 8.72. The Balaban J connectivity index is 1.87. The van der Waals surface area contributed by atoms with Crippen molar-refractivity contribution in [1.82, 2.24) is 4.31 Å². The van der Waals surface area contributed by atoms with Crippen LogP contribution < -0.4 is 0 Å². The Bertz CT molecular complexity index is 362. The molecule has 2 fully saturated rings. The molecule has 2 atom stereocenters. The lowest BCUT2D eigenvalue weighted by Gasteiger charge is -2.24. The van der Waals surface area contributed by atoms with Gasteiger partial charge in [-0.3, -0.25) is 0 Å². The van der Waals surface area contributed by atoms with Gasteiger partial charge in [-0.25, -0.2) is 12.7 Å². The van der Waals surface area contributed by atoms with Gasteiger partial charge in [0.1, 0.15) is 0 Å². The molecule has 2 rings (SSSR count). The maximum Gasteiger partial charge on any atom is 0.214 e. The van der Waals surface area contributed by atoms with E-state index < -0.39 is 10.0 Å². The third kappa shape index (κ3) is 3.45. The SMILES string of the molecule is CN(CC1CCCC1O)S(=O)(=O)CC1CCCC1. The zero-order valence-electron chi connectivity index (χ0n) is 11.2. The molecule has 4 nitrogen and oxygen atoms in total. The molecule has 5 heteroatoms. The van der Waals surface area contributed by atoms with E-state index in [2.05, 4.69) is 0 Å². The summed E-state index contributed by atoms with van der Waals surface area (Å²) in [5.74, 6) is 0.783. The highest BCUT2D eigenvalue weighted by atomic mass is 32.2. The molecule has 18 heavy (non-hydrogen) atoms. The van der Waals surface area contributed by atoms with Crippen molar-refractivity contribution in [3.8, 4) is 0 Å². The summed E-state index contributed by atoms with van der Waals surface area (Å²) in [6.07, 6.45) is 6.93. The number of nitrogens with zero attached hydrogens (tertiary/aromatic N) is 1. The monoisotopic (exact) mass is 275 g/mol. The molecule has 0 amide bonds. The maximum atomic E-state index is 12.2. The van der Waals surface area contributed by atoms with Crippen LogP contribution in [0.2, 0.25) is 0 Å². The van der Waals surface area contributed by atoms with E-state index in [4.69, 9.17) is 0 Å². The molecular formula is C13H25NO3S. The van der Waals surface area contributed by atoms with Crippen LogP contribution in [0.25, 0.3) is 0 Å². The third-order valence-corrected chi connectivity index (χ3v) is 6.50. The van der Waals surface area contributed by atoms with Crippen LogP contribution in [0.4, 0.5) is 0 Å². The molecule has 2 unspecified atom stereocenters. The van der Waals surface area contributed by atoms with Gasteiger partial charge in [-0.15, -0.1) is 0 Å². The van der Waals surface area contributed by atoms with Gasteiger partial charge in [-0.05, 0) is 37.5 Å². The summed E-state index contributed by atoms with van der Waals surface area (Å²) < 4.78 is 25.9. The average Bonchev–Trinajstić information content (AvgIpc) is 2.91. The number of hydrogen-bond acceptors (Lipinski definition) is 3. The summed E-state index contributed by atoms with van der Waals surface area (Å²) in [7, 11) is -1.47. The van der Waals surface area contributed by atoms with Crippen molar-refractivity contribution >= 4 is 10.0 Å². The highest BCUT2D eigenvalue weighted by molar-refractivity contribution is 7.89. The summed E-state index contributed by atoms with van der Waals surface area (Å²) in [6.45, 7) is 0.482. The number of aliphatic hydroxyl groups excluding tert-OH is 1. The molecule has 2 aliphatic rings.